The summed E-state index contributed by atoms with van der Waals surface area (Å²) in [5, 5.41) is 0. The third kappa shape index (κ3) is 2.17. The number of rotatable bonds is 2. The van der Waals surface area contributed by atoms with E-state index in [0.717, 1.165) is 0 Å². The quantitative estimate of drug-likeness (QED) is 0.693. The van der Waals surface area contributed by atoms with Gasteiger partial charge in [-0.1, -0.05) is 0 Å². The Labute approximate surface area is 103 Å². The van der Waals surface area contributed by atoms with Crippen molar-refractivity contribution in [2.45, 2.75) is 43.8 Å². The Balaban J connectivity index is 2.35. The van der Waals surface area contributed by atoms with E-state index < -0.39 is 14.7 Å². The van der Waals surface area contributed by atoms with Gasteiger partial charge in [-0.15, -0.1) is 0 Å². The second-order valence-electron chi connectivity index (χ2n) is 4.52. The van der Waals surface area contributed by atoms with Crippen LogP contribution in [0, 0.1) is 13.8 Å². The molecule has 0 spiro atoms. The molecule has 0 N–H and O–H groups in total. The van der Waals surface area contributed by atoms with Crippen molar-refractivity contribution in [2.24, 2.45) is 0 Å². The van der Waals surface area contributed by atoms with Crippen molar-refractivity contribution in [1.82, 2.24) is 3.05 Å². The molecule has 0 saturated heterocycles. The summed E-state index contributed by atoms with van der Waals surface area (Å²) in [6.07, 6.45) is 5.06. The Hall–Kier alpha value is 0.574. The molecule has 0 radical (unpaired) electrons. The Morgan fingerprint density at radius 3 is 2.07 bits per heavy atom. The molecule has 0 atom stereocenters. The van der Waals surface area contributed by atoms with Crippen molar-refractivity contribution in [2.75, 3.05) is 0 Å². The zero-order valence-electron chi connectivity index (χ0n) is 9.26. The molecule has 4 heteroatoms. The van der Waals surface area contributed by atoms with Crippen LogP contribution >= 0.6 is 18.6 Å². The van der Waals surface area contributed by atoms with E-state index in [9.17, 15) is 0 Å². The van der Waals surface area contributed by atoms with E-state index in [1.54, 1.807) is 0 Å². The topological polar surface area (TPSA) is 4.93 Å². The SMILES string of the molecule is Cc1ccc(C)[n]1[Ti]([Cl])([Cl])[CH]1CCCC1. The fourth-order valence-electron chi connectivity index (χ4n) is 2.59. The van der Waals surface area contributed by atoms with Crippen molar-refractivity contribution in [1.29, 1.82) is 0 Å². The third-order valence-electron chi connectivity index (χ3n) is 3.42. The van der Waals surface area contributed by atoms with Gasteiger partial charge in [-0.05, 0) is 0 Å². The predicted molar refractivity (Wildman–Crippen MR) is 63.2 cm³/mol. The van der Waals surface area contributed by atoms with E-state index >= 15 is 0 Å². The van der Waals surface area contributed by atoms with Gasteiger partial charge in [0.2, 0.25) is 0 Å². The fourth-order valence-corrected chi connectivity index (χ4v) is 10.6. The van der Waals surface area contributed by atoms with E-state index in [4.69, 9.17) is 18.6 Å². The van der Waals surface area contributed by atoms with Crippen molar-refractivity contribution >= 4 is 18.6 Å². The Kier molecular flexibility index (Phi) is 3.57. The standard InChI is InChI=1S/C6H8N.C5H9.2ClH.Ti/c1-5-3-4-6(2)7-5;1-2-4-5-3-1;;;/h3-4H,1-2H3;1H,2-5H2;2*1H;/q-1;;;;+3/p-2. The monoisotopic (exact) mass is 281 g/mol. The molecule has 0 aromatic carbocycles. The van der Waals surface area contributed by atoms with Gasteiger partial charge < -0.3 is 0 Å². The molecule has 0 amide bonds. The molecule has 0 aliphatic heterocycles. The van der Waals surface area contributed by atoms with Gasteiger partial charge in [-0.3, -0.25) is 0 Å². The van der Waals surface area contributed by atoms with Crippen molar-refractivity contribution in [3.05, 3.63) is 23.5 Å². The molecule has 1 aliphatic rings. The molecule has 1 aromatic heterocycles. The summed E-state index contributed by atoms with van der Waals surface area (Å²) < 4.78 is 2.83. The Bertz CT molecular complexity index is 334. The third-order valence-corrected chi connectivity index (χ3v) is 11.8. The summed E-state index contributed by atoms with van der Waals surface area (Å²) in [6, 6.07) is 4.24. The summed E-state index contributed by atoms with van der Waals surface area (Å²) >= 11 is -2.87. The molecule has 2 rings (SSSR count). The van der Waals surface area contributed by atoms with Gasteiger partial charge in [0.15, 0.2) is 0 Å². The number of aromatic nitrogens is 1. The number of aryl methyl sites for hydroxylation is 2. The number of halogens is 2. The first kappa shape index (κ1) is 12.0. The van der Waals surface area contributed by atoms with E-state index in [-0.39, 0.29) is 0 Å². The molecule has 0 bridgehead atoms. The summed E-state index contributed by atoms with van der Waals surface area (Å²) in [6.45, 7) is 4.21. The van der Waals surface area contributed by atoms with E-state index in [0.29, 0.717) is 4.22 Å². The first-order valence-corrected chi connectivity index (χ1v) is 11.5. The van der Waals surface area contributed by atoms with Crippen molar-refractivity contribution in [3.8, 4) is 0 Å². The molecule has 1 nitrogen and oxygen atoms in total. The van der Waals surface area contributed by atoms with Crippen LogP contribution in [-0.4, -0.2) is 3.05 Å². The second kappa shape index (κ2) is 4.45. The molecule has 1 saturated carbocycles. The summed E-state index contributed by atoms with van der Waals surface area (Å²) in [7, 11) is 13.5. The van der Waals surface area contributed by atoms with Gasteiger partial charge in [0, 0.05) is 0 Å². The van der Waals surface area contributed by atoms with Crippen LogP contribution in [0.25, 0.3) is 0 Å². The normalized spacial score (nSPS) is 18.7. The fraction of sp³-hybridized carbons (Fsp3) is 0.636. The van der Waals surface area contributed by atoms with Crippen LogP contribution in [0.3, 0.4) is 0 Å². The molecule has 0 unspecified atom stereocenters. The molecule has 1 fully saturated rings. The van der Waals surface area contributed by atoms with Crippen LogP contribution in [0.4, 0.5) is 0 Å². The molecule has 15 heavy (non-hydrogen) atoms. The van der Waals surface area contributed by atoms with Gasteiger partial charge in [0.05, 0.1) is 0 Å². The first-order chi connectivity index (χ1) is 7.03. The molecular formula is C11H17Cl2NTi. The Morgan fingerprint density at radius 2 is 1.60 bits per heavy atom. The van der Waals surface area contributed by atoms with Crippen LogP contribution in [0.15, 0.2) is 12.1 Å². The maximum absolute atomic E-state index is 6.74. The first-order valence-electron chi connectivity index (χ1n) is 5.56. The summed E-state index contributed by atoms with van der Waals surface area (Å²) in [5.41, 5.74) is 2.45. The average molecular weight is 282 g/mol. The molecule has 1 aromatic rings. The number of hydrogen-bond donors (Lipinski definition) is 0. The van der Waals surface area contributed by atoms with Gasteiger partial charge in [-0.25, -0.2) is 0 Å². The van der Waals surface area contributed by atoms with Crippen molar-refractivity contribution in [3.63, 3.8) is 0 Å². The summed E-state index contributed by atoms with van der Waals surface area (Å²) in [4.78, 5) is 0. The van der Waals surface area contributed by atoms with Gasteiger partial charge in [0.25, 0.3) is 0 Å². The van der Waals surface area contributed by atoms with Crippen molar-refractivity contribution < 1.29 is 14.7 Å². The zero-order valence-corrected chi connectivity index (χ0v) is 12.3. The van der Waals surface area contributed by atoms with Gasteiger partial charge in [0.1, 0.15) is 0 Å². The van der Waals surface area contributed by atoms with Gasteiger partial charge in [-0.2, -0.15) is 0 Å². The molecule has 84 valence electrons. The summed E-state index contributed by atoms with van der Waals surface area (Å²) in [5.74, 6) is 0. The van der Waals surface area contributed by atoms with Crippen LogP contribution in [-0.2, 0) is 14.7 Å². The van der Waals surface area contributed by atoms with Gasteiger partial charge >= 0.3 is 104 Å². The maximum atomic E-state index is 6.74. The predicted octanol–water partition coefficient (Wildman–Crippen LogP) is 4.69. The average Bonchev–Trinajstić information content (AvgIpc) is 2.75. The van der Waals surface area contributed by atoms with Crippen LogP contribution in [0.1, 0.15) is 37.1 Å². The van der Waals surface area contributed by atoms with Crippen LogP contribution < -0.4 is 0 Å². The molecule has 1 aliphatic carbocycles. The van der Waals surface area contributed by atoms with E-state index in [1.807, 2.05) is 0 Å². The van der Waals surface area contributed by atoms with Crippen LogP contribution in [0.2, 0.25) is 4.22 Å². The van der Waals surface area contributed by atoms with E-state index in [2.05, 4.69) is 29.0 Å². The molecule has 1 heterocycles. The number of hydrogen-bond acceptors (Lipinski definition) is 0. The Morgan fingerprint density at radius 1 is 1.13 bits per heavy atom. The minimum absolute atomic E-state index is 0.582. The number of nitrogens with zero attached hydrogens (tertiary/aromatic N) is 1. The zero-order chi connectivity index (χ0) is 11.1. The van der Waals surface area contributed by atoms with Crippen LogP contribution in [0.5, 0.6) is 0 Å². The second-order valence-corrected chi connectivity index (χ2v) is 13.9. The molecular weight excluding hydrogens is 265 g/mol. The van der Waals surface area contributed by atoms with E-state index in [1.165, 1.54) is 37.1 Å². The minimum atomic E-state index is -2.87.